The molecule has 1 atom stereocenters. The maximum Gasteiger partial charge on any atom is 0.254 e. The summed E-state index contributed by atoms with van der Waals surface area (Å²) in [6, 6.07) is 7.93. The Kier molecular flexibility index (Phi) is 3.79. The van der Waals surface area contributed by atoms with Crippen molar-refractivity contribution in [2.45, 2.75) is 32.6 Å². The zero-order chi connectivity index (χ0) is 14.0. The number of carbonyl (C=O) groups excluding carboxylic acids is 1. The predicted molar refractivity (Wildman–Crippen MR) is 80.9 cm³/mol. The van der Waals surface area contributed by atoms with Crippen molar-refractivity contribution in [2.75, 3.05) is 26.2 Å². The molecule has 0 radical (unpaired) electrons. The van der Waals surface area contributed by atoms with E-state index in [4.69, 9.17) is 0 Å². The van der Waals surface area contributed by atoms with Crippen LogP contribution in [0.25, 0.3) is 0 Å². The number of hydrogen-bond donors (Lipinski definition) is 1. The fourth-order valence-corrected chi connectivity index (χ4v) is 3.74. The Hall–Kier alpha value is -1.35. The number of hydrogen-bond acceptors (Lipinski definition) is 2. The van der Waals surface area contributed by atoms with Crippen LogP contribution >= 0.6 is 0 Å². The number of piperidine rings is 2. The molecule has 2 heterocycles. The fourth-order valence-electron chi connectivity index (χ4n) is 3.74. The second-order valence-electron chi connectivity index (χ2n) is 6.43. The van der Waals surface area contributed by atoms with Crippen LogP contribution in [-0.4, -0.2) is 37.0 Å². The molecule has 0 bridgehead atoms. The number of rotatable bonds is 1. The summed E-state index contributed by atoms with van der Waals surface area (Å²) in [6.07, 6.45) is 4.90. The van der Waals surface area contributed by atoms with E-state index in [0.29, 0.717) is 5.41 Å². The minimum absolute atomic E-state index is 0.216. The van der Waals surface area contributed by atoms with Crippen molar-refractivity contribution in [1.82, 2.24) is 10.2 Å². The molecule has 1 amide bonds. The second-order valence-corrected chi connectivity index (χ2v) is 6.43. The first-order valence-corrected chi connectivity index (χ1v) is 7.76. The summed E-state index contributed by atoms with van der Waals surface area (Å²) in [6.45, 7) is 6.06. The molecule has 0 aliphatic carbocycles. The largest absolute Gasteiger partial charge is 0.338 e. The van der Waals surface area contributed by atoms with Crippen LogP contribution in [0.2, 0.25) is 0 Å². The Morgan fingerprint density at radius 2 is 2.05 bits per heavy atom. The number of carbonyl (C=O) groups is 1. The maximum atomic E-state index is 12.8. The number of aryl methyl sites for hydroxylation is 1. The molecule has 0 saturated carbocycles. The third-order valence-corrected chi connectivity index (χ3v) is 4.88. The number of amides is 1. The Morgan fingerprint density at radius 1 is 1.25 bits per heavy atom. The molecule has 1 aromatic carbocycles. The van der Waals surface area contributed by atoms with Crippen LogP contribution in [0.15, 0.2) is 24.3 Å². The van der Waals surface area contributed by atoms with Gasteiger partial charge in [0.2, 0.25) is 0 Å². The first-order chi connectivity index (χ1) is 9.70. The van der Waals surface area contributed by atoms with Crippen LogP contribution in [0.3, 0.4) is 0 Å². The lowest BCUT2D eigenvalue weighted by atomic mass is 9.74. The molecule has 3 nitrogen and oxygen atoms in total. The molecule has 1 aromatic rings. The van der Waals surface area contributed by atoms with E-state index in [9.17, 15) is 4.79 Å². The molecular weight excluding hydrogens is 248 g/mol. The molecule has 2 fully saturated rings. The Bertz CT molecular complexity index is 486. The summed E-state index contributed by atoms with van der Waals surface area (Å²) in [7, 11) is 0. The van der Waals surface area contributed by atoms with Crippen LogP contribution in [0, 0.1) is 12.3 Å². The summed E-state index contributed by atoms with van der Waals surface area (Å²) in [5.41, 5.74) is 2.28. The van der Waals surface area contributed by atoms with Gasteiger partial charge in [-0.3, -0.25) is 4.79 Å². The van der Waals surface area contributed by atoms with Crippen LogP contribution in [-0.2, 0) is 0 Å². The molecule has 1 spiro atoms. The maximum absolute atomic E-state index is 12.8. The van der Waals surface area contributed by atoms with Crippen molar-refractivity contribution in [3.63, 3.8) is 0 Å². The van der Waals surface area contributed by atoms with E-state index >= 15 is 0 Å². The zero-order valence-corrected chi connectivity index (χ0v) is 12.3. The zero-order valence-electron chi connectivity index (χ0n) is 12.3. The fraction of sp³-hybridized carbons (Fsp3) is 0.588. The summed E-state index contributed by atoms with van der Waals surface area (Å²) in [5, 5.41) is 3.52. The van der Waals surface area contributed by atoms with E-state index in [2.05, 4.69) is 10.2 Å². The van der Waals surface area contributed by atoms with Gasteiger partial charge < -0.3 is 10.2 Å². The molecule has 2 aliphatic heterocycles. The van der Waals surface area contributed by atoms with Crippen molar-refractivity contribution in [3.05, 3.63) is 35.4 Å². The van der Waals surface area contributed by atoms with Gasteiger partial charge in [-0.25, -0.2) is 0 Å². The van der Waals surface area contributed by atoms with Crippen LogP contribution in [0.1, 0.15) is 41.6 Å². The third-order valence-electron chi connectivity index (χ3n) is 4.88. The van der Waals surface area contributed by atoms with Gasteiger partial charge in [-0.2, -0.15) is 0 Å². The Morgan fingerprint density at radius 3 is 2.80 bits per heavy atom. The van der Waals surface area contributed by atoms with E-state index in [1.807, 2.05) is 31.2 Å². The van der Waals surface area contributed by atoms with Crippen LogP contribution < -0.4 is 5.32 Å². The van der Waals surface area contributed by atoms with Gasteiger partial charge in [-0.05, 0) is 50.8 Å². The van der Waals surface area contributed by atoms with Crippen molar-refractivity contribution in [1.29, 1.82) is 0 Å². The molecule has 1 N–H and O–H groups in total. The molecule has 20 heavy (non-hydrogen) atoms. The molecule has 0 aromatic heterocycles. The monoisotopic (exact) mass is 272 g/mol. The summed E-state index contributed by atoms with van der Waals surface area (Å²) in [5.74, 6) is 0.216. The molecule has 3 rings (SSSR count). The standard InChI is InChI=1S/C17H24N2O/c1-14-6-2-3-7-15(14)16(20)19-11-5-9-17(13-19)8-4-10-18-12-17/h2-3,6-7,18H,4-5,8-13H2,1H3. The van der Waals surface area contributed by atoms with Crippen molar-refractivity contribution in [3.8, 4) is 0 Å². The first kappa shape index (κ1) is 13.6. The highest BCUT2D eigenvalue weighted by molar-refractivity contribution is 5.95. The molecule has 2 saturated heterocycles. The summed E-state index contributed by atoms with van der Waals surface area (Å²) < 4.78 is 0. The molecule has 1 unspecified atom stereocenters. The lowest BCUT2D eigenvalue weighted by Gasteiger charge is -2.45. The van der Waals surface area contributed by atoms with Gasteiger partial charge in [0.05, 0.1) is 0 Å². The van der Waals surface area contributed by atoms with E-state index in [0.717, 1.165) is 43.7 Å². The summed E-state index contributed by atoms with van der Waals surface area (Å²) >= 11 is 0. The van der Waals surface area contributed by atoms with Gasteiger partial charge in [0.1, 0.15) is 0 Å². The highest BCUT2D eigenvalue weighted by Gasteiger charge is 2.38. The molecular formula is C17H24N2O. The predicted octanol–water partition coefficient (Wildman–Crippen LogP) is 2.60. The number of nitrogens with zero attached hydrogens (tertiary/aromatic N) is 1. The topological polar surface area (TPSA) is 32.3 Å². The van der Waals surface area contributed by atoms with E-state index in [1.165, 1.54) is 19.3 Å². The lowest BCUT2D eigenvalue weighted by molar-refractivity contribution is 0.0433. The average molecular weight is 272 g/mol. The van der Waals surface area contributed by atoms with Gasteiger partial charge >= 0.3 is 0 Å². The SMILES string of the molecule is Cc1ccccc1C(=O)N1CCCC2(CCCNC2)C1. The number of likely N-dealkylation sites (tertiary alicyclic amines) is 1. The number of nitrogens with one attached hydrogen (secondary N) is 1. The van der Waals surface area contributed by atoms with Crippen molar-refractivity contribution >= 4 is 5.91 Å². The highest BCUT2D eigenvalue weighted by atomic mass is 16.2. The van der Waals surface area contributed by atoms with Gasteiger partial charge in [-0.1, -0.05) is 18.2 Å². The molecule has 2 aliphatic rings. The van der Waals surface area contributed by atoms with Crippen molar-refractivity contribution in [2.24, 2.45) is 5.41 Å². The highest BCUT2D eigenvalue weighted by Crippen LogP contribution is 2.36. The van der Waals surface area contributed by atoms with Crippen LogP contribution in [0.4, 0.5) is 0 Å². The van der Waals surface area contributed by atoms with Crippen LogP contribution in [0.5, 0.6) is 0 Å². The van der Waals surface area contributed by atoms with E-state index < -0.39 is 0 Å². The van der Waals surface area contributed by atoms with Gasteiger partial charge in [0, 0.05) is 30.6 Å². The van der Waals surface area contributed by atoms with E-state index in [1.54, 1.807) is 0 Å². The Balaban J connectivity index is 1.77. The summed E-state index contributed by atoms with van der Waals surface area (Å²) in [4.78, 5) is 14.8. The van der Waals surface area contributed by atoms with Gasteiger partial charge in [0.15, 0.2) is 0 Å². The minimum Gasteiger partial charge on any atom is -0.338 e. The Labute approximate surface area is 121 Å². The third kappa shape index (κ3) is 2.59. The van der Waals surface area contributed by atoms with Gasteiger partial charge in [0.25, 0.3) is 5.91 Å². The normalized spacial score (nSPS) is 26.8. The average Bonchev–Trinajstić information content (AvgIpc) is 2.48. The van der Waals surface area contributed by atoms with Gasteiger partial charge in [-0.15, -0.1) is 0 Å². The quantitative estimate of drug-likeness (QED) is 0.852. The lowest BCUT2D eigenvalue weighted by Crippen LogP contribution is -2.52. The number of benzene rings is 1. The second kappa shape index (κ2) is 5.57. The minimum atomic E-state index is 0.216. The first-order valence-electron chi connectivity index (χ1n) is 7.76. The smallest absolute Gasteiger partial charge is 0.254 e. The van der Waals surface area contributed by atoms with E-state index in [-0.39, 0.29) is 5.91 Å². The van der Waals surface area contributed by atoms with Crippen molar-refractivity contribution < 1.29 is 4.79 Å². The molecule has 3 heteroatoms. The molecule has 108 valence electrons.